The van der Waals surface area contributed by atoms with Crippen molar-refractivity contribution in [1.29, 1.82) is 0 Å². The SMILES string of the molecule is CCN(CC)C1=CC2OC3=C(CCC/C3=C\C3=C(Cl)C(=C\C=C4/N(CC)c5ccc6ccccc6c5C4(C)C)/CCC3)C(c3ccccc3C(=O)O)=C2C=C1. The maximum atomic E-state index is 12.6. The maximum Gasteiger partial charge on any atom is 0.336 e. The number of allylic oxidation sites excluding steroid dienone is 11. The van der Waals surface area contributed by atoms with E-state index in [0.29, 0.717) is 5.56 Å². The number of carbonyl (C=O) groups is 1. The number of hydrogen-bond acceptors (Lipinski definition) is 4. The number of aromatic carboxylic acids is 1. The third-order valence-corrected chi connectivity index (χ3v) is 12.7. The first kappa shape index (κ1) is 36.9. The number of likely N-dealkylation sites (N-methyl/N-ethyl adjacent to an activating group) is 2. The zero-order valence-electron chi connectivity index (χ0n) is 32.7. The summed E-state index contributed by atoms with van der Waals surface area (Å²) in [6.45, 7) is 13.9. The topological polar surface area (TPSA) is 53.0 Å². The predicted octanol–water partition coefficient (Wildman–Crippen LogP) is 12.2. The highest BCUT2D eigenvalue weighted by Gasteiger charge is 2.41. The molecule has 2 heterocycles. The van der Waals surface area contributed by atoms with Crippen LogP contribution in [-0.2, 0) is 10.2 Å². The monoisotopic (exact) mass is 750 g/mol. The first-order chi connectivity index (χ1) is 26.7. The molecule has 0 saturated carbocycles. The second-order valence-corrected chi connectivity index (χ2v) is 16.0. The van der Waals surface area contributed by atoms with Gasteiger partial charge in [0.2, 0.25) is 0 Å². The zero-order chi connectivity index (χ0) is 38.4. The molecule has 2 aliphatic heterocycles. The number of carboxylic acid groups (broad SMARTS) is 1. The summed E-state index contributed by atoms with van der Waals surface area (Å²) < 4.78 is 7.01. The van der Waals surface area contributed by atoms with Gasteiger partial charge in [0.15, 0.2) is 0 Å². The van der Waals surface area contributed by atoms with E-state index in [1.54, 1.807) is 12.1 Å². The molecule has 5 aliphatic rings. The lowest BCUT2D eigenvalue weighted by Crippen LogP contribution is -2.29. The number of fused-ring (bicyclic) bond motifs is 4. The number of nitrogens with zero attached hydrogens (tertiary/aromatic N) is 2. The van der Waals surface area contributed by atoms with Crippen molar-refractivity contribution in [2.45, 2.75) is 84.7 Å². The smallest absolute Gasteiger partial charge is 0.336 e. The third-order valence-electron chi connectivity index (χ3n) is 12.2. The van der Waals surface area contributed by atoms with Gasteiger partial charge in [-0.3, -0.25) is 0 Å². The molecule has 0 saturated heterocycles. The van der Waals surface area contributed by atoms with Crippen molar-refractivity contribution in [3.63, 3.8) is 0 Å². The Balaban J connectivity index is 1.20. The van der Waals surface area contributed by atoms with Crippen LogP contribution < -0.4 is 4.90 Å². The van der Waals surface area contributed by atoms with Gasteiger partial charge in [0, 0.05) is 58.3 Å². The fourth-order valence-corrected chi connectivity index (χ4v) is 9.86. The maximum absolute atomic E-state index is 12.6. The Kier molecular flexibility index (Phi) is 10.0. The van der Waals surface area contributed by atoms with E-state index in [-0.39, 0.29) is 11.5 Å². The number of hydrogen-bond donors (Lipinski definition) is 1. The van der Waals surface area contributed by atoms with Crippen LogP contribution in [0.3, 0.4) is 0 Å². The third kappa shape index (κ3) is 6.40. The Labute approximate surface area is 331 Å². The lowest BCUT2D eigenvalue weighted by atomic mass is 9.78. The molecule has 8 rings (SSSR count). The molecule has 1 N–H and O–H groups in total. The molecule has 1 unspecified atom stereocenters. The van der Waals surface area contributed by atoms with Crippen molar-refractivity contribution in [3.8, 4) is 0 Å². The van der Waals surface area contributed by atoms with Crippen molar-refractivity contribution < 1.29 is 14.6 Å². The van der Waals surface area contributed by atoms with E-state index >= 15 is 0 Å². The Morgan fingerprint density at radius 2 is 1.67 bits per heavy atom. The van der Waals surface area contributed by atoms with Crippen molar-refractivity contribution in [3.05, 3.63) is 164 Å². The molecule has 0 aromatic heterocycles. The van der Waals surface area contributed by atoms with Crippen LogP contribution in [0.2, 0.25) is 0 Å². The van der Waals surface area contributed by atoms with Gasteiger partial charge in [-0.25, -0.2) is 4.79 Å². The van der Waals surface area contributed by atoms with Crippen LogP contribution in [-0.4, -0.2) is 41.7 Å². The van der Waals surface area contributed by atoms with E-state index in [1.165, 1.54) is 27.7 Å². The van der Waals surface area contributed by atoms with Gasteiger partial charge in [-0.15, -0.1) is 0 Å². The number of benzene rings is 3. The summed E-state index contributed by atoms with van der Waals surface area (Å²) in [5.41, 5.74) is 12.5. The molecule has 0 fully saturated rings. The highest BCUT2D eigenvalue weighted by Crippen LogP contribution is 2.51. The summed E-state index contributed by atoms with van der Waals surface area (Å²) in [5.74, 6) is -0.0413. The predicted molar refractivity (Wildman–Crippen MR) is 227 cm³/mol. The van der Waals surface area contributed by atoms with Gasteiger partial charge >= 0.3 is 5.97 Å². The lowest BCUT2D eigenvalue weighted by molar-refractivity contribution is 0.0696. The Bertz CT molecular complexity index is 2340. The highest BCUT2D eigenvalue weighted by molar-refractivity contribution is 6.32. The van der Waals surface area contributed by atoms with Crippen LogP contribution in [0.25, 0.3) is 16.3 Å². The van der Waals surface area contributed by atoms with Gasteiger partial charge in [0.1, 0.15) is 11.9 Å². The number of carboxylic acids is 1. The van der Waals surface area contributed by atoms with Crippen molar-refractivity contribution in [1.82, 2.24) is 4.90 Å². The number of anilines is 1. The molecule has 0 spiro atoms. The fourth-order valence-electron chi connectivity index (χ4n) is 9.55. The molecule has 5 nitrogen and oxygen atoms in total. The molecule has 0 amide bonds. The molecule has 3 aromatic rings. The second kappa shape index (κ2) is 14.9. The average molecular weight is 751 g/mol. The van der Waals surface area contributed by atoms with Gasteiger partial charge < -0.3 is 19.6 Å². The summed E-state index contributed by atoms with van der Waals surface area (Å²) in [7, 11) is 0. The quantitative estimate of drug-likeness (QED) is 0.248. The minimum Gasteiger partial charge on any atom is -0.481 e. The average Bonchev–Trinajstić information content (AvgIpc) is 3.42. The van der Waals surface area contributed by atoms with Crippen LogP contribution in [0.15, 0.2) is 147 Å². The van der Waals surface area contributed by atoms with Gasteiger partial charge in [0.05, 0.1) is 5.56 Å². The van der Waals surface area contributed by atoms with E-state index in [1.807, 2.05) is 12.1 Å². The van der Waals surface area contributed by atoms with Crippen molar-refractivity contribution in [2.75, 3.05) is 24.5 Å². The summed E-state index contributed by atoms with van der Waals surface area (Å²) in [6.07, 6.45) is 18.5. The highest BCUT2D eigenvalue weighted by atomic mass is 35.5. The Hall–Kier alpha value is -5.00. The van der Waals surface area contributed by atoms with E-state index in [4.69, 9.17) is 16.3 Å². The molecule has 282 valence electrons. The first-order valence-corrected chi connectivity index (χ1v) is 20.5. The minimum atomic E-state index is -0.923. The lowest BCUT2D eigenvalue weighted by Gasteiger charge is -2.37. The zero-order valence-corrected chi connectivity index (χ0v) is 33.5. The molecule has 3 aliphatic carbocycles. The van der Waals surface area contributed by atoms with Crippen LogP contribution in [0.5, 0.6) is 0 Å². The molecular weight excluding hydrogens is 700 g/mol. The number of rotatable bonds is 8. The normalized spacial score (nSPS) is 22.7. The first-order valence-electron chi connectivity index (χ1n) is 20.1. The molecule has 3 aromatic carbocycles. The number of halogens is 1. The van der Waals surface area contributed by atoms with E-state index < -0.39 is 5.97 Å². The summed E-state index contributed by atoms with van der Waals surface area (Å²) in [6, 6.07) is 20.6. The van der Waals surface area contributed by atoms with Gasteiger partial charge in [0.25, 0.3) is 0 Å². The van der Waals surface area contributed by atoms with Crippen LogP contribution in [0.4, 0.5) is 5.69 Å². The summed E-state index contributed by atoms with van der Waals surface area (Å²) in [5, 5.41) is 13.7. The summed E-state index contributed by atoms with van der Waals surface area (Å²) in [4.78, 5) is 17.3. The largest absolute Gasteiger partial charge is 0.481 e. The van der Waals surface area contributed by atoms with Crippen molar-refractivity contribution in [2.24, 2.45) is 0 Å². The van der Waals surface area contributed by atoms with E-state index in [0.717, 1.165) is 114 Å². The standard InChI is InChI=1S/C49H51ClN2O3/c1-6-51(7-2)35-25-26-39-42(30-35)55-47-34(18-14-22-40(47)44(39)37-20-11-12-21-38(37)48(53)54)29-33-17-13-16-32(46(33)50)24-28-43-49(4,5)45-36-19-10-9-15-31(36)23-27-41(45)52(43)8-3/h9-12,15,19-21,23-30,42H,6-8,13-14,16-18,22H2,1-5H3,(H,53,54)/b32-24-,34-29+,43-28-. The molecule has 0 radical (unpaired) electrons. The van der Waals surface area contributed by atoms with Gasteiger partial charge in [-0.05, 0) is 134 Å². The van der Waals surface area contributed by atoms with Crippen LogP contribution in [0.1, 0.15) is 94.6 Å². The van der Waals surface area contributed by atoms with E-state index in [2.05, 4.69) is 117 Å². The minimum absolute atomic E-state index is 0.167. The van der Waals surface area contributed by atoms with E-state index in [9.17, 15) is 9.90 Å². The summed E-state index contributed by atoms with van der Waals surface area (Å²) >= 11 is 7.38. The second-order valence-electron chi connectivity index (χ2n) is 15.6. The molecular formula is C49H51ClN2O3. The molecule has 0 bridgehead atoms. The van der Waals surface area contributed by atoms with Gasteiger partial charge in [-0.2, -0.15) is 0 Å². The number of ether oxygens (including phenoxy) is 1. The molecule has 55 heavy (non-hydrogen) atoms. The molecule has 6 heteroatoms. The van der Waals surface area contributed by atoms with Crippen LogP contribution >= 0.6 is 11.6 Å². The van der Waals surface area contributed by atoms with Crippen LogP contribution in [0, 0.1) is 0 Å². The Morgan fingerprint density at radius 1 is 0.927 bits per heavy atom. The molecule has 1 atom stereocenters. The van der Waals surface area contributed by atoms with Gasteiger partial charge in [-0.1, -0.05) is 92.2 Å². The fraction of sp³-hybridized carbons (Fsp3) is 0.327. The Morgan fingerprint density at radius 3 is 2.45 bits per heavy atom. The van der Waals surface area contributed by atoms with Crippen molar-refractivity contribution >= 4 is 39.6 Å².